The number of carbonyl (C=O) groups is 2. The minimum atomic E-state index is -3.86. The highest BCUT2D eigenvalue weighted by atomic mass is 32.2. The van der Waals surface area contributed by atoms with Gasteiger partial charge in [0, 0.05) is 25.2 Å². The van der Waals surface area contributed by atoms with Gasteiger partial charge in [-0.15, -0.1) is 0 Å². The lowest BCUT2D eigenvalue weighted by atomic mass is 10.1. The number of carbonyl (C=O) groups excluding carboxylic acids is 2. The van der Waals surface area contributed by atoms with Gasteiger partial charge in [-0.05, 0) is 50.1 Å². The molecule has 27 heavy (non-hydrogen) atoms. The topological polar surface area (TPSA) is 74.8 Å². The molecule has 140 valence electrons. The minimum absolute atomic E-state index is 0.00539. The molecule has 0 bridgehead atoms. The average molecular weight is 384 g/mol. The lowest BCUT2D eigenvalue weighted by Crippen LogP contribution is -2.31. The summed E-state index contributed by atoms with van der Waals surface area (Å²) in [5.74, 6) is -0.501. The minimum Gasteiger partial charge on any atom is -0.339 e. The highest BCUT2D eigenvalue weighted by molar-refractivity contribution is 7.91. The summed E-state index contributed by atoms with van der Waals surface area (Å²) in [5.41, 5.74) is 0.828. The summed E-state index contributed by atoms with van der Waals surface area (Å²) in [7, 11) is -3.86. The highest BCUT2D eigenvalue weighted by Gasteiger charge is 2.35. The van der Waals surface area contributed by atoms with Gasteiger partial charge < -0.3 is 9.80 Å². The highest BCUT2D eigenvalue weighted by Crippen LogP contribution is 2.37. The van der Waals surface area contributed by atoms with Gasteiger partial charge in [0.2, 0.25) is 9.84 Å². The predicted molar refractivity (Wildman–Crippen MR) is 101 cm³/mol. The second-order valence-corrected chi connectivity index (χ2v) is 8.62. The van der Waals surface area contributed by atoms with Crippen molar-refractivity contribution < 1.29 is 18.0 Å². The van der Waals surface area contributed by atoms with Gasteiger partial charge in [-0.1, -0.05) is 12.1 Å². The maximum absolute atomic E-state index is 13.2. The Labute approximate surface area is 158 Å². The van der Waals surface area contributed by atoms with E-state index in [1.807, 2.05) is 0 Å². The van der Waals surface area contributed by atoms with Crippen molar-refractivity contribution in [1.29, 1.82) is 0 Å². The summed E-state index contributed by atoms with van der Waals surface area (Å²) >= 11 is 0. The van der Waals surface area contributed by atoms with E-state index in [0.717, 1.165) is 12.8 Å². The Morgan fingerprint density at radius 2 is 1.74 bits per heavy atom. The van der Waals surface area contributed by atoms with Crippen LogP contribution in [0.15, 0.2) is 52.3 Å². The van der Waals surface area contributed by atoms with Crippen LogP contribution in [0.25, 0.3) is 0 Å². The molecule has 2 aromatic carbocycles. The molecule has 2 aliphatic heterocycles. The van der Waals surface area contributed by atoms with Crippen LogP contribution in [-0.4, -0.2) is 44.8 Å². The lowest BCUT2D eigenvalue weighted by Gasteiger charge is -2.22. The summed E-state index contributed by atoms with van der Waals surface area (Å²) in [6.45, 7) is 3.50. The van der Waals surface area contributed by atoms with Crippen molar-refractivity contribution in [2.24, 2.45) is 0 Å². The summed E-state index contributed by atoms with van der Waals surface area (Å²) in [6, 6.07) is 10.8. The molecule has 0 saturated carbocycles. The summed E-state index contributed by atoms with van der Waals surface area (Å²) < 4.78 is 26.4. The first-order valence-corrected chi connectivity index (χ1v) is 10.5. The van der Waals surface area contributed by atoms with E-state index in [0.29, 0.717) is 25.2 Å². The Bertz CT molecular complexity index is 1040. The fraction of sp³-hybridized carbons (Fsp3) is 0.300. The van der Waals surface area contributed by atoms with E-state index < -0.39 is 9.84 Å². The molecular weight excluding hydrogens is 364 g/mol. The number of likely N-dealkylation sites (tertiary alicyclic amines) is 1. The third-order valence-electron chi connectivity index (χ3n) is 5.15. The standard InChI is InChI=1S/C20H20N2O4S/c1-2-22-16-13-14(19(23)21-11-5-6-12-21)9-10-18(16)27(25,26)17-8-4-3-7-15(17)20(22)24/h3-4,7-10,13H,2,5-6,11-12H2,1H3. The first-order valence-electron chi connectivity index (χ1n) is 9.04. The summed E-state index contributed by atoms with van der Waals surface area (Å²) in [6.07, 6.45) is 1.94. The second-order valence-electron chi connectivity index (χ2n) is 6.73. The summed E-state index contributed by atoms with van der Waals surface area (Å²) in [4.78, 5) is 29.0. The quantitative estimate of drug-likeness (QED) is 0.798. The molecule has 2 aliphatic rings. The molecule has 1 fully saturated rings. The zero-order valence-electron chi connectivity index (χ0n) is 15.0. The molecule has 4 rings (SSSR count). The molecule has 7 heteroatoms. The smallest absolute Gasteiger partial charge is 0.259 e. The largest absolute Gasteiger partial charge is 0.339 e. The number of fused-ring (bicyclic) bond motifs is 2. The van der Waals surface area contributed by atoms with Crippen LogP contribution in [0.4, 0.5) is 5.69 Å². The van der Waals surface area contributed by atoms with Gasteiger partial charge in [-0.3, -0.25) is 9.59 Å². The van der Waals surface area contributed by atoms with Crippen molar-refractivity contribution >= 4 is 27.3 Å². The molecule has 2 aromatic rings. The van der Waals surface area contributed by atoms with E-state index in [1.54, 1.807) is 36.1 Å². The van der Waals surface area contributed by atoms with Gasteiger partial charge in [-0.25, -0.2) is 8.42 Å². The molecular formula is C20H20N2O4S. The van der Waals surface area contributed by atoms with E-state index in [-0.39, 0.29) is 32.9 Å². The molecule has 0 aromatic heterocycles. The Kier molecular flexibility index (Phi) is 4.26. The molecule has 2 heterocycles. The van der Waals surface area contributed by atoms with Gasteiger partial charge in [0.1, 0.15) is 0 Å². The monoisotopic (exact) mass is 384 g/mol. The van der Waals surface area contributed by atoms with E-state index in [4.69, 9.17) is 0 Å². The Morgan fingerprint density at radius 1 is 1.04 bits per heavy atom. The van der Waals surface area contributed by atoms with Crippen molar-refractivity contribution in [2.75, 3.05) is 24.5 Å². The van der Waals surface area contributed by atoms with Crippen LogP contribution < -0.4 is 4.90 Å². The first-order chi connectivity index (χ1) is 12.9. The Hall–Kier alpha value is -2.67. The van der Waals surface area contributed by atoms with Gasteiger partial charge >= 0.3 is 0 Å². The molecule has 0 spiro atoms. The number of nitrogens with zero attached hydrogens (tertiary/aromatic N) is 2. The molecule has 0 N–H and O–H groups in total. The molecule has 0 aliphatic carbocycles. The zero-order valence-corrected chi connectivity index (χ0v) is 15.8. The molecule has 2 amide bonds. The van der Waals surface area contributed by atoms with Crippen molar-refractivity contribution in [3.8, 4) is 0 Å². The van der Waals surface area contributed by atoms with E-state index in [1.165, 1.54) is 23.1 Å². The fourth-order valence-corrected chi connectivity index (χ4v) is 5.39. The number of benzene rings is 2. The van der Waals surface area contributed by atoms with Gasteiger partial charge in [-0.2, -0.15) is 0 Å². The number of hydrogen-bond donors (Lipinski definition) is 0. The predicted octanol–water partition coefficient (Wildman–Crippen LogP) is 2.74. The molecule has 0 atom stereocenters. The average Bonchev–Trinajstić information content (AvgIpc) is 3.20. The third-order valence-corrected chi connectivity index (χ3v) is 7.01. The second kappa shape index (κ2) is 6.49. The van der Waals surface area contributed by atoms with Crippen LogP contribution in [0.3, 0.4) is 0 Å². The van der Waals surface area contributed by atoms with Crippen LogP contribution in [0.5, 0.6) is 0 Å². The molecule has 1 saturated heterocycles. The number of amides is 2. The van der Waals surface area contributed by atoms with Crippen LogP contribution >= 0.6 is 0 Å². The maximum atomic E-state index is 13.2. The van der Waals surface area contributed by atoms with Crippen LogP contribution in [0, 0.1) is 0 Å². The Balaban J connectivity index is 1.91. The first kappa shape index (κ1) is 17.7. The van der Waals surface area contributed by atoms with E-state index in [2.05, 4.69) is 0 Å². The van der Waals surface area contributed by atoms with E-state index >= 15 is 0 Å². The summed E-state index contributed by atoms with van der Waals surface area (Å²) in [5, 5.41) is 0. The van der Waals surface area contributed by atoms with Crippen LogP contribution in [-0.2, 0) is 9.84 Å². The third kappa shape index (κ3) is 2.73. The lowest BCUT2D eigenvalue weighted by molar-refractivity contribution is 0.0792. The molecule has 0 unspecified atom stereocenters. The molecule has 6 nitrogen and oxygen atoms in total. The van der Waals surface area contributed by atoms with Crippen LogP contribution in [0.2, 0.25) is 0 Å². The SMILES string of the molecule is CCN1C(=O)c2ccccc2S(=O)(=O)c2ccc(C(=O)N3CCCC3)cc21. The van der Waals surface area contributed by atoms with E-state index in [9.17, 15) is 18.0 Å². The van der Waals surface area contributed by atoms with Crippen molar-refractivity contribution in [3.05, 3.63) is 53.6 Å². The van der Waals surface area contributed by atoms with Gasteiger partial charge in [0.05, 0.1) is 21.0 Å². The Morgan fingerprint density at radius 3 is 2.44 bits per heavy atom. The fourth-order valence-electron chi connectivity index (χ4n) is 3.76. The normalized spacial score (nSPS) is 18.0. The van der Waals surface area contributed by atoms with Crippen molar-refractivity contribution in [1.82, 2.24) is 4.90 Å². The van der Waals surface area contributed by atoms with Crippen LogP contribution in [0.1, 0.15) is 40.5 Å². The van der Waals surface area contributed by atoms with Gasteiger partial charge in [0.15, 0.2) is 0 Å². The van der Waals surface area contributed by atoms with Crippen molar-refractivity contribution in [2.45, 2.75) is 29.6 Å². The maximum Gasteiger partial charge on any atom is 0.259 e. The van der Waals surface area contributed by atoms with Gasteiger partial charge in [0.25, 0.3) is 11.8 Å². The number of anilines is 1. The van der Waals surface area contributed by atoms with Crippen molar-refractivity contribution in [3.63, 3.8) is 0 Å². The zero-order chi connectivity index (χ0) is 19.2. The molecule has 0 radical (unpaired) electrons. The number of hydrogen-bond acceptors (Lipinski definition) is 4. The number of sulfone groups is 1. The number of rotatable bonds is 2.